The first-order chi connectivity index (χ1) is 14.1. The van der Waals surface area contributed by atoms with Crippen LogP contribution in [0.3, 0.4) is 0 Å². The van der Waals surface area contributed by atoms with Crippen molar-refractivity contribution in [2.75, 3.05) is 12.9 Å². The molecule has 8 heteroatoms. The van der Waals surface area contributed by atoms with Gasteiger partial charge in [-0.3, -0.25) is 9.20 Å². The molecule has 0 radical (unpaired) electrons. The summed E-state index contributed by atoms with van der Waals surface area (Å²) in [6.07, 6.45) is 0. The van der Waals surface area contributed by atoms with E-state index in [-0.39, 0.29) is 23.6 Å². The van der Waals surface area contributed by atoms with Gasteiger partial charge in [0.05, 0.1) is 29.1 Å². The maximum absolute atomic E-state index is 12.7. The number of hydrogen-bond acceptors (Lipinski definition) is 6. The average molecular weight is 427 g/mol. The number of nitrogens with zero attached hydrogens (tertiary/aromatic N) is 3. The number of ether oxygens (including phenoxy) is 1. The molecule has 2 heterocycles. The van der Waals surface area contributed by atoms with Crippen LogP contribution in [0, 0.1) is 5.92 Å². The molecule has 0 aliphatic rings. The van der Waals surface area contributed by atoms with Gasteiger partial charge in [-0.2, -0.15) is 0 Å². The number of rotatable bonds is 7. The van der Waals surface area contributed by atoms with Crippen LogP contribution in [0.1, 0.15) is 25.5 Å². The second-order valence-corrected chi connectivity index (χ2v) is 8.97. The first-order valence-corrected chi connectivity index (χ1v) is 11.2. The smallest absolute Gasteiger partial charge is 0.230 e. The van der Waals surface area contributed by atoms with E-state index in [9.17, 15) is 4.79 Å². The molecule has 6 nitrogen and oxygen atoms in total. The van der Waals surface area contributed by atoms with Gasteiger partial charge in [0.15, 0.2) is 5.16 Å². The third-order valence-corrected chi connectivity index (χ3v) is 6.64. The van der Waals surface area contributed by atoms with E-state index >= 15 is 0 Å². The van der Waals surface area contributed by atoms with Crippen molar-refractivity contribution in [3.8, 4) is 5.75 Å². The molecule has 1 N–H and O–H groups in total. The highest BCUT2D eigenvalue weighted by Gasteiger charge is 2.20. The lowest BCUT2D eigenvalue weighted by atomic mass is 9.96. The lowest BCUT2D eigenvalue weighted by molar-refractivity contribution is -0.119. The molecule has 29 heavy (non-hydrogen) atoms. The lowest BCUT2D eigenvalue weighted by Crippen LogP contribution is -2.33. The molecule has 2 aromatic heterocycles. The Bertz CT molecular complexity index is 1130. The molecule has 0 spiro atoms. The van der Waals surface area contributed by atoms with Gasteiger partial charge in [0.25, 0.3) is 0 Å². The Morgan fingerprint density at radius 2 is 1.93 bits per heavy atom. The van der Waals surface area contributed by atoms with Crippen LogP contribution in [0.5, 0.6) is 5.75 Å². The molecule has 0 aliphatic heterocycles. The predicted octanol–water partition coefficient (Wildman–Crippen LogP) is 4.56. The van der Waals surface area contributed by atoms with Crippen LogP contribution in [0.25, 0.3) is 15.2 Å². The summed E-state index contributed by atoms with van der Waals surface area (Å²) < 4.78 is 8.40. The van der Waals surface area contributed by atoms with Crippen LogP contribution >= 0.6 is 23.1 Å². The largest absolute Gasteiger partial charge is 0.497 e. The van der Waals surface area contributed by atoms with E-state index in [1.54, 1.807) is 18.4 Å². The molecule has 4 aromatic rings. The SMILES string of the molecule is COc1ccc(C(NC(=O)CSc2nnc3sc4ccccc4n23)C(C)C)cc1. The summed E-state index contributed by atoms with van der Waals surface area (Å²) in [6, 6.07) is 15.9. The van der Waals surface area contributed by atoms with Gasteiger partial charge in [0.2, 0.25) is 10.9 Å². The standard InChI is InChI=1S/C21H22N4O2S2/c1-13(2)19(14-8-10-15(27-3)11-9-14)22-18(26)12-28-20-23-24-21-25(20)16-6-4-5-7-17(16)29-21/h4-11,13,19H,12H2,1-3H3,(H,22,26). The van der Waals surface area contributed by atoms with Crippen molar-refractivity contribution in [3.63, 3.8) is 0 Å². The summed E-state index contributed by atoms with van der Waals surface area (Å²) >= 11 is 3.00. The van der Waals surface area contributed by atoms with E-state index in [2.05, 4.69) is 35.4 Å². The van der Waals surface area contributed by atoms with E-state index in [0.717, 1.165) is 31.6 Å². The van der Waals surface area contributed by atoms with E-state index < -0.39 is 0 Å². The Morgan fingerprint density at radius 1 is 1.17 bits per heavy atom. The Kier molecular flexibility index (Phi) is 5.73. The lowest BCUT2D eigenvalue weighted by Gasteiger charge is -2.23. The molecular formula is C21H22N4O2S2. The highest BCUT2D eigenvalue weighted by atomic mass is 32.2. The molecule has 0 saturated carbocycles. The molecule has 0 saturated heterocycles. The van der Waals surface area contributed by atoms with Gasteiger partial charge in [-0.25, -0.2) is 0 Å². The van der Waals surface area contributed by atoms with Crippen molar-refractivity contribution in [1.29, 1.82) is 0 Å². The van der Waals surface area contributed by atoms with Crippen molar-refractivity contribution in [2.45, 2.75) is 25.0 Å². The topological polar surface area (TPSA) is 68.5 Å². The number of hydrogen-bond donors (Lipinski definition) is 1. The van der Waals surface area contributed by atoms with Crippen molar-refractivity contribution in [3.05, 3.63) is 54.1 Å². The summed E-state index contributed by atoms with van der Waals surface area (Å²) in [4.78, 5) is 13.5. The Hall–Kier alpha value is -2.58. The minimum Gasteiger partial charge on any atom is -0.497 e. The predicted molar refractivity (Wildman–Crippen MR) is 118 cm³/mol. The number of benzene rings is 2. The summed E-state index contributed by atoms with van der Waals surface area (Å²) in [7, 11) is 1.64. The second-order valence-electron chi connectivity index (χ2n) is 7.02. The molecular weight excluding hydrogens is 404 g/mol. The molecule has 4 rings (SSSR count). The number of nitrogens with one attached hydrogen (secondary N) is 1. The van der Waals surface area contributed by atoms with Crippen molar-refractivity contribution in [2.24, 2.45) is 5.92 Å². The average Bonchev–Trinajstić information content (AvgIpc) is 3.29. The van der Waals surface area contributed by atoms with E-state index in [1.807, 2.05) is 46.9 Å². The number of para-hydroxylation sites is 1. The van der Waals surface area contributed by atoms with Gasteiger partial charge in [-0.1, -0.05) is 61.2 Å². The Labute approximate surface area is 177 Å². The van der Waals surface area contributed by atoms with Gasteiger partial charge in [0, 0.05) is 0 Å². The minimum absolute atomic E-state index is 0.0270. The molecule has 0 bridgehead atoms. The maximum Gasteiger partial charge on any atom is 0.230 e. The zero-order valence-electron chi connectivity index (χ0n) is 16.5. The van der Waals surface area contributed by atoms with Crippen LogP contribution in [0.4, 0.5) is 0 Å². The fourth-order valence-corrected chi connectivity index (χ4v) is 5.02. The molecule has 150 valence electrons. The number of amides is 1. The van der Waals surface area contributed by atoms with Gasteiger partial charge in [-0.05, 0) is 35.7 Å². The zero-order valence-corrected chi connectivity index (χ0v) is 18.1. The second kappa shape index (κ2) is 8.42. The quantitative estimate of drug-likeness (QED) is 0.439. The van der Waals surface area contributed by atoms with Crippen LogP contribution in [-0.2, 0) is 4.79 Å². The normalized spacial score (nSPS) is 12.6. The molecule has 2 aromatic carbocycles. The number of carbonyl (C=O) groups excluding carboxylic acids is 1. The fourth-order valence-electron chi connectivity index (χ4n) is 3.24. The van der Waals surface area contributed by atoms with Crippen molar-refractivity contribution in [1.82, 2.24) is 19.9 Å². The number of aromatic nitrogens is 3. The molecule has 1 amide bonds. The Morgan fingerprint density at radius 3 is 2.66 bits per heavy atom. The van der Waals surface area contributed by atoms with Crippen LogP contribution in [0.15, 0.2) is 53.7 Å². The van der Waals surface area contributed by atoms with E-state index in [0.29, 0.717) is 0 Å². The van der Waals surface area contributed by atoms with Crippen molar-refractivity contribution < 1.29 is 9.53 Å². The molecule has 0 aliphatic carbocycles. The van der Waals surface area contributed by atoms with Gasteiger partial charge < -0.3 is 10.1 Å². The molecule has 1 atom stereocenters. The van der Waals surface area contributed by atoms with Crippen molar-refractivity contribution >= 4 is 44.2 Å². The van der Waals surface area contributed by atoms with Gasteiger partial charge in [-0.15, -0.1) is 10.2 Å². The number of thiazole rings is 1. The third kappa shape index (κ3) is 4.09. The number of thioether (sulfide) groups is 1. The van der Waals surface area contributed by atoms with Gasteiger partial charge >= 0.3 is 0 Å². The highest BCUT2D eigenvalue weighted by Crippen LogP contribution is 2.30. The van der Waals surface area contributed by atoms with E-state index in [1.165, 1.54) is 11.8 Å². The van der Waals surface area contributed by atoms with E-state index in [4.69, 9.17) is 4.74 Å². The summed E-state index contributed by atoms with van der Waals surface area (Å²) in [5.41, 5.74) is 2.13. The number of fused-ring (bicyclic) bond motifs is 3. The van der Waals surface area contributed by atoms with Gasteiger partial charge in [0.1, 0.15) is 5.75 Å². The first kappa shape index (κ1) is 19.7. The highest BCUT2D eigenvalue weighted by molar-refractivity contribution is 7.99. The summed E-state index contributed by atoms with van der Waals surface area (Å²) in [5, 5.41) is 12.4. The van der Waals surface area contributed by atoms with Crippen LogP contribution in [-0.4, -0.2) is 33.4 Å². The summed E-state index contributed by atoms with van der Waals surface area (Å²) in [5.74, 6) is 1.32. The zero-order chi connectivity index (χ0) is 20.4. The first-order valence-electron chi connectivity index (χ1n) is 9.35. The third-order valence-electron chi connectivity index (χ3n) is 4.70. The molecule has 1 unspecified atom stereocenters. The van der Waals surface area contributed by atoms with Crippen LogP contribution < -0.4 is 10.1 Å². The monoisotopic (exact) mass is 426 g/mol. The van der Waals surface area contributed by atoms with Crippen LogP contribution in [0.2, 0.25) is 0 Å². The fraction of sp³-hybridized carbons (Fsp3) is 0.286. The Balaban J connectivity index is 1.46. The molecule has 0 fully saturated rings. The number of methoxy groups -OCH3 is 1. The maximum atomic E-state index is 12.7. The summed E-state index contributed by atoms with van der Waals surface area (Å²) in [6.45, 7) is 4.20. The minimum atomic E-state index is -0.0607. The number of carbonyl (C=O) groups is 1.